The number of nitrogens with one attached hydrogen (secondary N) is 2. The van der Waals surface area contributed by atoms with Gasteiger partial charge in [-0.05, 0) is 55.0 Å². The fourth-order valence-corrected chi connectivity index (χ4v) is 3.38. The molecule has 0 heterocycles. The van der Waals surface area contributed by atoms with E-state index in [2.05, 4.69) is 26.6 Å². The maximum atomic E-state index is 13.0. The summed E-state index contributed by atoms with van der Waals surface area (Å²) in [7, 11) is 1.62. The Morgan fingerprint density at radius 2 is 1.62 bits per heavy atom. The summed E-state index contributed by atoms with van der Waals surface area (Å²) >= 11 is 3.41. The van der Waals surface area contributed by atoms with Crippen molar-refractivity contribution in [1.82, 2.24) is 4.90 Å². The van der Waals surface area contributed by atoms with Crippen molar-refractivity contribution in [2.75, 3.05) is 24.2 Å². The van der Waals surface area contributed by atoms with Gasteiger partial charge in [0.05, 0.1) is 17.8 Å². The summed E-state index contributed by atoms with van der Waals surface area (Å²) in [4.78, 5) is 26.8. The molecule has 0 saturated heterocycles. The van der Waals surface area contributed by atoms with Gasteiger partial charge in [-0.2, -0.15) is 0 Å². The number of aryl methyl sites for hydroxylation is 1. The van der Waals surface area contributed by atoms with Gasteiger partial charge in [-0.15, -0.1) is 0 Å². The summed E-state index contributed by atoms with van der Waals surface area (Å²) in [5, 5.41) is 6.12. The fraction of sp³-hybridized carbons (Fsp3) is 0.130. The smallest absolute Gasteiger partial charge is 0.256 e. The molecule has 3 aromatic rings. The molecule has 0 unspecified atom stereocenters. The zero-order valence-corrected chi connectivity index (χ0v) is 17.9. The first-order valence-corrected chi connectivity index (χ1v) is 9.96. The van der Waals surface area contributed by atoms with Crippen LogP contribution in [0, 0.1) is 6.92 Å². The van der Waals surface area contributed by atoms with Crippen molar-refractivity contribution in [3.8, 4) is 0 Å². The highest BCUT2D eigenvalue weighted by Gasteiger charge is 2.18. The predicted molar refractivity (Wildman–Crippen MR) is 121 cm³/mol. The highest BCUT2D eigenvalue weighted by atomic mass is 79.9. The first-order valence-electron chi connectivity index (χ1n) is 9.16. The molecule has 0 radical (unpaired) electrons. The Balaban J connectivity index is 1.69. The lowest BCUT2D eigenvalue weighted by Gasteiger charge is -2.19. The number of halogens is 1. The first-order chi connectivity index (χ1) is 13.9. The Morgan fingerprint density at radius 3 is 2.34 bits per heavy atom. The quantitative estimate of drug-likeness (QED) is 0.540. The van der Waals surface area contributed by atoms with Gasteiger partial charge < -0.3 is 15.5 Å². The van der Waals surface area contributed by atoms with E-state index in [1.54, 1.807) is 13.1 Å². The van der Waals surface area contributed by atoms with Gasteiger partial charge in [0, 0.05) is 22.9 Å². The molecular formula is C23H22BrN3O2. The van der Waals surface area contributed by atoms with Crippen LogP contribution in [0.1, 0.15) is 15.9 Å². The van der Waals surface area contributed by atoms with Crippen molar-refractivity contribution in [2.45, 2.75) is 6.92 Å². The molecule has 0 aliphatic heterocycles. The van der Waals surface area contributed by atoms with Crippen LogP contribution in [0.3, 0.4) is 0 Å². The van der Waals surface area contributed by atoms with Crippen molar-refractivity contribution in [1.29, 1.82) is 0 Å². The van der Waals surface area contributed by atoms with Crippen LogP contribution in [0.2, 0.25) is 0 Å². The van der Waals surface area contributed by atoms with E-state index < -0.39 is 0 Å². The van der Waals surface area contributed by atoms with Crippen LogP contribution < -0.4 is 10.6 Å². The first kappa shape index (κ1) is 20.6. The Labute approximate surface area is 178 Å². The van der Waals surface area contributed by atoms with Crippen molar-refractivity contribution >= 4 is 44.8 Å². The Kier molecular flexibility index (Phi) is 6.67. The highest BCUT2D eigenvalue weighted by molar-refractivity contribution is 9.10. The highest BCUT2D eigenvalue weighted by Crippen LogP contribution is 2.22. The van der Waals surface area contributed by atoms with Crippen LogP contribution in [-0.2, 0) is 4.79 Å². The molecule has 2 amide bonds. The number of carbonyl (C=O) groups is 2. The van der Waals surface area contributed by atoms with Crippen LogP contribution in [0.4, 0.5) is 17.1 Å². The third-order valence-corrected chi connectivity index (χ3v) is 4.89. The topological polar surface area (TPSA) is 61.4 Å². The number of anilines is 3. The van der Waals surface area contributed by atoms with Gasteiger partial charge in [0.15, 0.2) is 0 Å². The number of hydrogen-bond acceptors (Lipinski definition) is 3. The number of amides is 2. The number of hydrogen-bond donors (Lipinski definition) is 2. The molecule has 0 bridgehead atoms. The van der Waals surface area contributed by atoms with E-state index in [9.17, 15) is 9.59 Å². The second-order valence-corrected chi connectivity index (χ2v) is 7.62. The zero-order chi connectivity index (χ0) is 20.8. The number of carbonyl (C=O) groups excluding carboxylic acids is 2. The molecule has 3 aromatic carbocycles. The van der Waals surface area contributed by atoms with Gasteiger partial charge in [0.25, 0.3) is 5.91 Å². The average molecular weight is 452 g/mol. The number of benzene rings is 3. The third-order valence-electron chi connectivity index (χ3n) is 4.40. The molecule has 0 atom stereocenters. The second kappa shape index (κ2) is 9.39. The molecule has 0 saturated carbocycles. The lowest BCUT2D eigenvalue weighted by atomic mass is 10.1. The van der Waals surface area contributed by atoms with Gasteiger partial charge in [0.2, 0.25) is 5.91 Å². The number of para-hydroxylation sites is 2. The van der Waals surface area contributed by atoms with E-state index in [-0.39, 0.29) is 18.4 Å². The number of nitrogens with zero attached hydrogens (tertiary/aromatic N) is 1. The van der Waals surface area contributed by atoms with Gasteiger partial charge in [-0.25, -0.2) is 0 Å². The van der Waals surface area contributed by atoms with Gasteiger partial charge in [-0.3, -0.25) is 9.59 Å². The van der Waals surface area contributed by atoms with E-state index in [1.165, 1.54) is 4.90 Å². The zero-order valence-electron chi connectivity index (χ0n) is 16.3. The van der Waals surface area contributed by atoms with E-state index in [0.29, 0.717) is 11.3 Å². The minimum atomic E-state index is -0.250. The maximum absolute atomic E-state index is 13.0. The summed E-state index contributed by atoms with van der Waals surface area (Å²) in [6.45, 7) is 1.87. The maximum Gasteiger partial charge on any atom is 0.256 e. The molecule has 0 aliphatic rings. The Morgan fingerprint density at radius 1 is 0.931 bits per heavy atom. The summed E-state index contributed by atoms with van der Waals surface area (Å²) < 4.78 is 0.947. The second-order valence-electron chi connectivity index (χ2n) is 6.71. The third kappa shape index (κ3) is 5.45. The summed E-state index contributed by atoms with van der Waals surface area (Å²) in [5.41, 5.74) is 3.76. The Hall–Kier alpha value is -3.12. The summed E-state index contributed by atoms with van der Waals surface area (Å²) in [6.07, 6.45) is 0. The molecule has 0 aromatic heterocycles. The lowest BCUT2D eigenvalue weighted by Crippen LogP contribution is -2.35. The predicted octanol–water partition coefficient (Wildman–Crippen LogP) is 5.21. The van der Waals surface area contributed by atoms with Crippen molar-refractivity contribution in [3.63, 3.8) is 0 Å². The monoisotopic (exact) mass is 451 g/mol. The normalized spacial score (nSPS) is 10.3. The SMILES string of the molecule is Cc1cc(Br)ccc1NC(=O)CN(C)C(=O)c1ccccc1Nc1ccccc1. The fourth-order valence-electron chi connectivity index (χ4n) is 2.91. The minimum absolute atomic E-state index is 0.0476. The van der Waals surface area contributed by atoms with Crippen molar-refractivity contribution in [3.05, 3.63) is 88.4 Å². The Bertz CT molecular complexity index is 1020. The minimum Gasteiger partial charge on any atom is -0.355 e. The van der Waals surface area contributed by atoms with Crippen LogP contribution >= 0.6 is 15.9 Å². The lowest BCUT2D eigenvalue weighted by molar-refractivity contribution is -0.116. The molecule has 6 heteroatoms. The molecule has 0 aliphatic carbocycles. The van der Waals surface area contributed by atoms with Gasteiger partial charge in [0.1, 0.15) is 0 Å². The molecular weight excluding hydrogens is 430 g/mol. The molecule has 0 fully saturated rings. The summed E-state index contributed by atoms with van der Waals surface area (Å²) in [6, 6.07) is 22.5. The van der Waals surface area contributed by atoms with E-state index in [4.69, 9.17) is 0 Å². The van der Waals surface area contributed by atoms with Crippen LogP contribution in [0.5, 0.6) is 0 Å². The average Bonchev–Trinajstić information content (AvgIpc) is 2.71. The van der Waals surface area contributed by atoms with E-state index >= 15 is 0 Å². The van der Waals surface area contributed by atoms with Crippen molar-refractivity contribution < 1.29 is 9.59 Å². The van der Waals surface area contributed by atoms with Gasteiger partial charge >= 0.3 is 0 Å². The summed E-state index contributed by atoms with van der Waals surface area (Å²) in [5.74, 6) is -0.480. The van der Waals surface area contributed by atoms with Crippen LogP contribution in [0.15, 0.2) is 77.3 Å². The molecule has 29 heavy (non-hydrogen) atoms. The molecule has 0 spiro atoms. The van der Waals surface area contributed by atoms with Crippen LogP contribution in [0.25, 0.3) is 0 Å². The molecule has 5 nitrogen and oxygen atoms in total. The van der Waals surface area contributed by atoms with Gasteiger partial charge in [-0.1, -0.05) is 46.3 Å². The number of likely N-dealkylation sites (N-methyl/N-ethyl adjacent to an activating group) is 1. The molecule has 148 valence electrons. The molecule has 2 N–H and O–H groups in total. The molecule has 3 rings (SSSR count). The van der Waals surface area contributed by atoms with E-state index in [1.807, 2.05) is 73.7 Å². The number of rotatable bonds is 6. The largest absolute Gasteiger partial charge is 0.355 e. The standard InChI is InChI=1S/C23H22BrN3O2/c1-16-14-17(24)12-13-20(16)26-22(28)15-27(2)23(29)19-10-6-7-11-21(19)25-18-8-4-3-5-9-18/h3-14,25H,15H2,1-2H3,(H,26,28). The van der Waals surface area contributed by atoms with E-state index in [0.717, 1.165) is 21.4 Å². The van der Waals surface area contributed by atoms with Crippen molar-refractivity contribution in [2.24, 2.45) is 0 Å². The van der Waals surface area contributed by atoms with Crippen LogP contribution in [-0.4, -0.2) is 30.3 Å².